The number of nitrogens with two attached hydrogens (primary N) is 1. The molecular weight excluding hydrogens is 193 g/mol. The third-order valence-corrected chi connectivity index (χ3v) is 2.34. The van der Waals surface area contributed by atoms with Crippen LogP contribution in [0.25, 0.3) is 0 Å². The fourth-order valence-corrected chi connectivity index (χ4v) is 1.51. The second kappa shape index (κ2) is 3.87. The molecule has 0 bridgehead atoms. The lowest BCUT2D eigenvalue weighted by atomic mass is 10.0. The molecule has 0 aliphatic heterocycles. The van der Waals surface area contributed by atoms with Crippen molar-refractivity contribution < 1.29 is 8.81 Å². The van der Waals surface area contributed by atoms with Crippen LogP contribution in [0.2, 0.25) is 0 Å². The third kappa shape index (κ3) is 1.92. The molecule has 15 heavy (non-hydrogen) atoms. The maximum atomic E-state index is 13.6. The summed E-state index contributed by atoms with van der Waals surface area (Å²) in [5.74, 6) is 0.275. The van der Waals surface area contributed by atoms with Gasteiger partial charge in [-0.15, -0.1) is 0 Å². The van der Waals surface area contributed by atoms with Gasteiger partial charge in [-0.25, -0.2) is 4.39 Å². The summed E-state index contributed by atoms with van der Waals surface area (Å²) in [6, 6.07) is 7.93. The highest BCUT2D eigenvalue weighted by Crippen LogP contribution is 2.22. The summed E-state index contributed by atoms with van der Waals surface area (Å²) in [5, 5.41) is 0. The number of hydrogen-bond donors (Lipinski definition) is 1. The van der Waals surface area contributed by atoms with Crippen molar-refractivity contribution in [2.45, 2.75) is 13.0 Å². The fraction of sp³-hybridized carbons (Fsp3) is 0.167. The Bertz CT molecular complexity index is 451. The van der Waals surface area contributed by atoms with E-state index >= 15 is 0 Å². The number of benzene rings is 1. The van der Waals surface area contributed by atoms with E-state index in [0.717, 1.165) is 5.56 Å². The third-order valence-electron chi connectivity index (χ3n) is 2.34. The van der Waals surface area contributed by atoms with Gasteiger partial charge >= 0.3 is 0 Å². The Kier molecular flexibility index (Phi) is 2.56. The molecule has 2 aromatic rings. The maximum Gasteiger partial charge on any atom is 0.128 e. The molecule has 0 radical (unpaired) electrons. The van der Waals surface area contributed by atoms with Crippen molar-refractivity contribution >= 4 is 0 Å². The minimum Gasteiger partial charge on any atom is -0.467 e. The molecule has 0 fully saturated rings. The topological polar surface area (TPSA) is 39.2 Å². The summed E-state index contributed by atoms with van der Waals surface area (Å²) in [5.41, 5.74) is 7.21. The molecule has 0 amide bonds. The normalized spacial score (nSPS) is 12.7. The molecule has 0 saturated carbocycles. The van der Waals surface area contributed by atoms with Gasteiger partial charge in [-0.2, -0.15) is 0 Å². The van der Waals surface area contributed by atoms with Crippen molar-refractivity contribution in [1.82, 2.24) is 0 Å². The Morgan fingerprint density at radius 3 is 2.73 bits per heavy atom. The van der Waals surface area contributed by atoms with Gasteiger partial charge in [0.05, 0.1) is 12.3 Å². The Morgan fingerprint density at radius 2 is 2.13 bits per heavy atom. The van der Waals surface area contributed by atoms with Gasteiger partial charge in [0.25, 0.3) is 0 Å². The molecule has 0 aliphatic carbocycles. The van der Waals surface area contributed by atoms with Crippen LogP contribution in [0.3, 0.4) is 0 Å². The zero-order valence-electron chi connectivity index (χ0n) is 8.41. The summed E-state index contributed by atoms with van der Waals surface area (Å²) in [6.45, 7) is 1.84. The van der Waals surface area contributed by atoms with E-state index < -0.39 is 6.04 Å². The summed E-state index contributed by atoms with van der Waals surface area (Å²) in [6.07, 6.45) is 1.53. The van der Waals surface area contributed by atoms with Gasteiger partial charge in [0.1, 0.15) is 11.6 Å². The highest BCUT2D eigenvalue weighted by molar-refractivity contribution is 5.30. The number of hydrogen-bond acceptors (Lipinski definition) is 2. The number of aryl methyl sites for hydroxylation is 1. The van der Waals surface area contributed by atoms with Crippen molar-refractivity contribution in [3.8, 4) is 0 Å². The van der Waals surface area contributed by atoms with E-state index in [4.69, 9.17) is 10.2 Å². The van der Waals surface area contributed by atoms with Crippen molar-refractivity contribution in [2.24, 2.45) is 5.73 Å². The number of rotatable bonds is 2. The highest BCUT2D eigenvalue weighted by atomic mass is 19.1. The van der Waals surface area contributed by atoms with Crippen LogP contribution >= 0.6 is 0 Å². The molecule has 0 spiro atoms. The maximum absolute atomic E-state index is 13.6. The van der Waals surface area contributed by atoms with Crippen LogP contribution in [-0.4, -0.2) is 0 Å². The summed E-state index contributed by atoms with van der Waals surface area (Å²) in [7, 11) is 0. The van der Waals surface area contributed by atoms with Gasteiger partial charge in [-0.3, -0.25) is 0 Å². The molecule has 2 rings (SSSR count). The predicted molar refractivity (Wildman–Crippen MR) is 55.9 cm³/mol. The van der Waals surface area contributed by atoms with Crippen LogP contribution < -0.4 is 5.73 Å². The lowest BCUT2D eigenvalue weighted by Gasteiger charge is -2.10. The molecule has 1 heterocycles. The Morgan fingerprint density at radius 1 is 1.33 bits per heavy atom. The first-order valence-electron chi connectivity index (χ1n) is 4.73. The average Bonchev–Trinajstić information content (AvgIpc) is 2.69. The van der Waals surface area contributed by atoms with Crippen molar-refractivity contribution in [2.75, 3.05) is 0 Å². The molecule has 2 nitrogen and oxygen atoms in total. The molecule has 0 aliphatic rings. The van der Waals surface area contributed by atoms with Gasteiger partial charge in [0.2, 0.25) is 0 Å². The minimum absolute atomic E-state index is 0.293. The lowest BCUT2D eigenvalue weighted by Crippen LogP contribution is -2.12. The van der Waals surface area contributed by atoms with E-state index in [1.165, 1.54) is 12.3 Å². The van der Waals surface area contributed by atoms with E-state index in [0.29, 0.717) is 11.3 Å². The fourth-order valence-electron chi connectivity index (χ4n) is 1.51. The van der Waals surface area contributed by atoms with Crippen LogP contribution in [0.5, 0.6) is 0 Å². The van der Waals surface area contributed by atoms with E-state index in [1.54, 1.807) is 18.2 Å². The highest BCUT2D eigenvalue weighted by Gasteiger charge is 2.15. The SMILES string of the molecule is Cc1ccc(C(N)c2ccco2)c(F)c1. The van der Waals surface area contributed by atoms with Gasteiger partial charge < -0.3 is 10.2 Å². The predicted octanol–water partition coefficient (Wildman–Crippen LogP) is 2.78. The first-order valence-corrected chi connectivity index (χ1v) is 4.73. The van der Waals surface area contributed by atoms with Crippen LogP contribution in [-0.2, 0) is 0 Å². The first kappa shape index (κ1) is 9.93. The van der Waals surface area contributed by atoms with E-state index in [2.05, 4.69) is 0 Å². The monoisotopic (exact) mass is 205 g/mol. The minimum atomic E-state index is -0.541. The molecule has 0 saturated heterocycles. The molecule has 1 aromatic heterocycles. The van der Waals surface area contributed by atoms with E-state index in [9.17, 15) is 4.39 Å². The van der Waals surface area contributed by atoms with Gasteiger partial charge in [-0.05, 0) is 30.7 Å². The quantitative estimate of drug-likeness (QED) is 0.818. The zero-order valence-corrected chi connectivity index (χ0v) is 8.41. The lowest BCUT2D eigenvalue weighted by molar-refractivity contribution is 0.480. The standard InChI is InChI=1S/C12H12FNO/c1-8-4-5-9(10(13)7-8)12(14)11-3-2-6-15-11/h2-7,12H,14H2,1H3. The van der Waals surface area contributed by atoms with E-state index in [-0.39, 0.29) is 5.82 Å². The average molecular weight is 205 g/mol. The summed E-state index contributed by atoms with van der Waals surface area (Å²) in [4.78, 5) is 0. The van der Waals surface area contributed by atoms with Gasteiger partial charge in [-0.1, -0.05) is 12.1 Å². The van der Waals surface area contributed by atoms with Crippen LogP contribution in [0.4, 0.5) is 4.39 Å². The number of furan rings is 1. The van der Waals surface area contributed by atoms with Crippen LogP contribution in [0, 0.1) is 12.7 Å². The van der Waals surface area contributed by atoms with Crippen LogP contribution in [0.15, 0.2) is 41.0 Å². The zero-order chi connectivity index (χ0) is 10.8. The Balaban J connectivity index is 2.38. The van der Waals surface area contributed by atoms with Gasteiger partial charge in [0.15, 0.2) is 0 Å². The molecule has 3 heteroatoms. The first-order chi connectivity index (χ1) is 7.18. The molecular formula is C12H12FNO. The van der Waals surface area contributed by atoms with Crippen molar-refractivity contribution in [3.63, 3.8) is 0 Å². The molecule has 1 atom stereocenters. The van der Waals surface area contributed by atoms with Crippen molar-refractivity contribution in [1.29, 1.82) is 0 Å². The Labute approximate surface area is 87.5 Å². The molecule has 78 valence electrons. The van der Waals surface area contributed by atoms with Crippen molar-refractivity contribution in [3.05, 3.63) is 59.3 Å². The van der Waals surface area contributed by atoms with Gasteiger partial charge in [0, 0.05) is 5.56 Å². The Hall–Kier alpha value is -1.61. The molecule has 1 unspecified atom stereocenters. The second-order valence-electron chi connectivity index (χ2n) is 3.52. The van der Waals surface area contributed by atoms with E-state index in [1.807, 2.05) is 13.0 Å². The van der Waals surface area contributed by atoms with Crippen LogP contribution in [0.1, 0.15) is 22.9 Å². The summed E-state index contributed by atoms with van der Waals surface area (Å²) >= 11 is 0. The smallest absolute Gasteiger partial charge is 0.128 e. The summed E-state index contributed by atoms with van der Waals surface area (Å²) < 4.78 is 18.7. The molecule has 2 N–H and O–H groups in total. The second-order valence-corrected chi connectivity index (χ2v) is 3.52. The largest absolute Gasteiger partial charge is 0.467 e. The molecule has 1 aromatic carbocycles. The number of halogens is 1.